The van der Waals surface area contributed by atoms with Gasteiger partial charge in [-0.1, -0.05) is 24.3 Å². The molecule has 93 heavy (non-hydrogen) atoms. The van der Waals surface area contributed by atoms with Crippen molar-refractivity contribution in [3.8, 4) is 29.2 Å². The number of carbonyl (C=O) groups excluding carboxylic acids is 3. The molecule has 8 heterocycles. The van der Waals surface area contributed by atoms with Crippen LogP contribution in [0, 0.1) is 22.0 Å². The fraction of sp³-hybridized carbons (Fsp3) is 0.417. The van der Waals surface area contributed by atoms with Gasteiger partial charge in [-0.15, -0.1) is 0 Å². The van der Waals surface area contributed by atoms with Crippen molar-refractivity contribution in [2.75, 3.05) is 56.5 Å². The van der Waals surface area contributed by atoms with Crippen LogP contribution in [0.1, 0.15) is 142 Å². The third-order valence-corrected chi connectivity index (χ3v) is 20.9. The average molecular weight is 1340 g/mol. The van der Waals surface area contributed by atoms with Crippen molar-refractivity contribution in [1.82, 2.24) is 34.7 Å². The average Bonchev–Trinajstić information content (AvgIpc) is 1.34. The van der Waals surface area contributed by atoms with E-state index in [0.29, 0.717) is 36.9 Å². The number of aliphatic hydroxyl groups is 1. The summed E-state index contributed by atoms with van der Waals surface area (Å²) in [7, 11) is -17.0. The van der Waals surface area contributed by atoms with Crippen molar-refractivity contribution < 1.29 is 90.1 Å². The number of aliphatic hydroxyl groups excluding tert-OH is 1. The summed E-state index contributed by atoms with van der Waals surface area (Å²) in [4.78, 5) is 104. The Bertz CT molecular complexity index is 4430. The SMILES string of the molecule is C[C@H](Oc1nc(N)nc2c1ncn2[C@H]1CC(O)[C@@H](COP(=O)(O)OP(=O)(O)OP(=O)(O)O)O1)c1ccc(C#CCNC(=O)CCCCCNC(=O)c2ccc(C(=O)[O-])c(C3=c4cc5c6c(c4Oc4c3cc3c7c4CCCN7CCC3)CCC[N+]=6CCC5)c2)cc1[N+](=O)[O-]. The molecule has 0 aliphatic carbocycles. The number of phosphoric ester groups is 1. The smallest absolute Gasteiger partial charge is 0.490 e. The fourth-order valence-corrected chi connectivity index (χ4v) is 16.2. The number of aromatic carboxylic acids is 1. The highest BCUT2D eigenvalue weighted by molar-refractivity contribution is 7.66. The lowest BCUT2D eigenvalue weighted by atomic mass is 9.81. The van der Waals surface area contributed by atoms with Gasteiger partial charge in [0.05, 0.1) is 47.6 Å². The molecule has 6 aromatic rings. The number of nitro groups is 1. The second-order valence-corrected chi connectivity index (χ2v) is 27.8. The molecule has 6 aliphatic rings. The predicted molar refractivity (Wildman–Crippen MR) is 328 cm³/mol. The van der Waals surface area contributed by atoms with Gasteiger partial charge in [0, 0.05) is 101 Å². The van der Waals surface area contributed by atoms with Gasteiger partial charge in [0.2, 0.25) is 23.1 Å². The number of ether oxygens (including phenoxy) is 3. The molecule has 4 aromatic carbocycles. The Labute approximate surface area is 530 Å². The standard InChI is InChI=1S/C60H65N10O20P3/c1-33(86-58-51-56(65-60(61)66-58)69(32-64-51)49-30-46(71)47(87-49)31-85-92(81,82)90-93(83,84)89-91(78,79)80)38-18-16-34(26-45(38)70(76)77)10-5-21-62-48(72)15-3-2-4-20-63-57(73)37-17-19-39(59(74)75)42(29-37)50-43-27-35-11-6-22-67-24-8-13-40(52(35)67)54(43)88-55-41-14-9-25-68-23-7-12-36(53(41)68)28-44(50)55/h16-19,26-29,32-33,46-47,49,71H,2-4,6-9,11-15,20-25,30-31H2,1H3,(H8-,61,62,63,65,66,72,73,74,75,78,79,80,81,82,83,84)/t33-,46?,47+,49+/m0/s1. The van der Waals surface area contributed by atoms with E-state index >= 15 is 0 Å². The van der Waals surface area contributed by atoms with Gasteiger partial charge in [0.15, 0.2) is 11.2 Å². The van der Waals surface area contributed by atoms with Crippen LogP contribution in [0.15, 0.2) is 54.9 Å². The zero-order chi connectivity index (χ0) is 65.7. The number of anilines is 2. The van der Waals surface area contributed by atoms with Crippen molar-refractivity contribution in [3.05, 3.63) is 131 Å². The number of phosphoric acid groups is 3. The molecule has 9 N–H and O–H groups in total. The number of amides is 2. The van der Waals surface area contributed by atoms with Crippen molar-refractivity contribution in [2.24, 2.45) is 0 Å². The largest absolute Gasteiger partial charge is 0.545 e. The minimum absolute atomic E-state index is 0.0116. The molecule has 0 radical (unpaired) electrons. The molecule has 2 aromatic heterocycles. The van der Waals surface area contributed by atoms with Gasteiger partial charge in [-0.3, -0.25) is 28.8 Å². The van der Waals surface area contributed by atoms with Crippen LogP contribution in [0.25, 0.3) is 16.7 Å². The lowest BCUT2D eigenvalue weighted by molar-refractivity contribution is -0.386. The summed E-state index contributed by atoms with van der Waals surface area (Å²) in [5.74, 6) is 4.69. The summed E-state index contributed by atoms with van der Waals surface area (Å²) in [6.07, 6.45) is 5.42. The number of carboxylic acids is 1. The topological polar surface area (TPSA) is 425 Å². The van der Waals surface area contributed by atoms with Crippen LogP contribution >= 0.6 is 23.5 Å². The van der Waals surface area contributed by atoms with Crippen LogP contribution in [-0.4, -0.2) is 125 Å². The number of fused-ring (bicyclic) bond motifs is 5. The van der Waals surface area contributed by atoms with E-state index in [0.717, 1.165) is 117 Å². The Morgan fingerprint density at radius 2 is 1.66 bits per heavy atom. The number of nitrogens with two attached hydrogens (primary N) is 1. The minimum atomic E-state index is -5.80. The number of unbranched alkanes of at least 4 members (excludes halogenated alkanes) is 2. The Balaban J connectivity index is 0.644. The number of benzene rings is 4. The van der Waals surface area contributed by atoms with Crippen molar-refractivity contribution >= 4 is 75.3 Å². The maximum atomic E-state index is 14.0. The molecule has 490 valence electrons. The monoisotopic (exact) mass is 1340 g/mol. The number of rotatable bonds is 22. The summed E-state index contributed by atoms with van der Waals surface area (Å²) >= 11 is 0. The highest BCUT2D eigenvalue weighted by atomic mass is 31.3. The van der Waals surface area contributed by atoms with Crippen molar-refractivity contribution in [1.29, 1.82) is 0 Å². The predicted octanol–water partition coefficient (Wildman–Crippen LogP) is 3.71. The Morgan fingerprint density at radius 3 is 2.43 bits per heavy atom. The molecule has 3 unspecified atom stereocenters. The molecule has 33 heteroatoms. The second-order valence-electron chi connectivity index (χ2n) is 23.4. The number of hydrogen-bond donors (Lipinski definition) is 8. The first-order valence-corrected chi connectivity index (χ1v) is 34.8. The number of nitrogens with zero attached hydrogens (tertiary/aromatic N) is 7. The molecule has 1 fully saturated rings. The lowest BCUT2D eigenvalue weighted by Gasteiger charge is -2.39. The van der Waals surface area contributed by atoms with Gasteiger partial charge in [-0.25, -0.2) is 23.3 Å². The first-order chi connectivity index (χ1) is 44.4. The van der Waals surface area contributed by atoms with Crippen molar-refractivity contribution in [3.63, 3.8) is 0 Å². The number of carboxylic acid groups (broad SMARTS) is 1. The lowest BCUT2D eigenvalue weighted by Crippen LogP contribution is -2.45. The highest BCUT2D eigenvalue weighted by Crippen LogP contribution is 2.66. The minimum Gasteiger partial charge on any atom is -0.545 e. The summed E-state index contributed by atoms with van der Waals surface area (Å²) in [5.41, 5.74) is 14.3. The third-order valence-electron chi connectivity index (χ3n) is 17.1. The van der Waals surface area contributed by atoms with Crippen LogP contribution in [0.4, 0.5) is 17.3 Å². The Kier molecular flexibility index (Phi) is 18.5. The van der Waals surface area contributed by atoms with E-state index in [1.807, 2.05) is 0 Å². The summed E-state index contributed by atoms with van der Waals surface area (Å²) in [6, 6.07) is 13.3. The van der Waals surface area contributed by atoms with E-state index in [4.69, 9.17) is 29.7 Å². The number of aryl methyl sites for hydroxylation is 2. The second kappa shape index (κ2) is 26.4. The van der Waals surface area contributed by atoms with E-state index in [-0.39, 0.29) is 76.6 Å². The maximum Gasteiger partial charge on any atom is 0.490 e. The molecule has 6 aliphatic heterocycles. The normalized spacial score (nSPS) is 19.5. The van der Waals surface area contributed by atoms with Crippen LogP contribution < -0.4 is 51.0 Å². The third kappa shape index (κ3) is 14.0. The molecule has 6 atom stereocenters. The maximum absolute atomic E-state index is 14.0. The highest BCUT2D eigenvalue weighted by Gasteiger charge is 2.44. The summed E-state index contributed by atoms with van der Waals surface area (Å²) < 4.78 is 69.7. The van der Waals surface area contributed by atoms with Gasteiger partial charge in [0.25, 0.3) is 11.6 Å². The van der Waals surface area contributed by atoms with E-state index in [1.165, 1.54) is 70.3 Å². The number of nitro benzene ring substituents is 1. The van der Waals surface area contributed by atoms with E-state index in [9.17, 15) is 58.2 Å². The van der Waals surface area contributed by atoms with E-state index in [2.05, 4.69) is 72.2 Å². The Morgan fingerprint density at radius 1 is 0.892 bits per heavy atom. The molecule has 30 nitrogen and oxygen atoms in total. The number of aromatic nitrogens is 4. The summed E-state index contributed by atoms with van der Waals surface area (Å²) in [5, 5.41) is 44.0. The quantitative estimate of drug-likeness (QED) is 0.0120. The number of nitrogen functional groups attached to an aromatic ring is 1. The van der Waals surface area contributed by atoms with Crippen LogP contribution in [-0.2, 0) is 62.1 Å². The number of nitrogens with one attached hydrogen (secondary N) is 2. The van der Waals surface area contributed by atoms with Crippen LogP contribution in [0.5, 0.6) is 17.4 Å². The molecular formula is C60H65N10O20P3. The molecule has 0 bridgehead atoms. The zero-order valence-corrected chi connectivity index (χ0v) is 52.7. The van der Waals surface area contributed by atoms with Crippen LogP contribution in [0.3, 0.4) is 0 Å². The number of hydrogen-bond acceptors (Lipinski definition) is 21. The number of carbonyl (C=O) groups is 3. The first kappa shape index (κ1) is 65.1. The van der Waals surface area contributed by atoms with E-state index in [1.54, 1.807) is 6.07 Å². The fourth-order valence-electron chi connectivity index (χ4n) is 13.2. The van der Waals surface area contributed by atoms with Crippen LogP contribution in [0.2, 0.25) is 0 Å². The number of imidazole rings is 1. The first-order valence-electron chi connectivity index (χ1n) is 30.3. The van der Waals surface area contributed by atoms with Gasteiger partial charge < -0.3 is 70.1 Å². The molecule has 1 saturated heterocycles. The van der Waals surface area contributed by atoms with Gasteiger partial charge in [0.1, 0.15) is 43.0 Å². The van der Waals surface area contributed by atoms with E-state index < -0.39 is 65.5 Å². The van der Waals surface area contributed by atoms with Gasteiger partial charge in [-0.2, -0.15) is 18.6 Å². The summed E-state index contributed by atoms with van der Waals surface area (Å²) in [6.45, 7) is 4.75. The molecule has 12 rings (SSSR count). The molecule has 2 amide bonds. The Hall–Kier alpha value is -8.00. The van der Waals surface area contributed by atoms with Gasteiger partial charge >= 0.3 is 23.5 Å². The van der Waals surface area contributed by atoms with Gasteiger partial charge in [-0.05, 0) is 106 Å². The molecular weight excluding hydrogens is 1270 g/mol. The van der Waals surface area contributed by atoms with Crippen molar-refractivity contribution in [2.45, 2.75) is 115 Å². The molecule has 0 saturated carbocycles. The zero-order valence-electron chi connectivity index (χ0n) is 50.1. The molecule has 0 spiro atoms.